The van der Waals surface area contributed by atoms with Crippen LogP contribution in [-0.2, 0) is 4.74 Å². The van der Waals surface area contributed by atoms with Crippen LogP contribution in [0, 0.1) is 0 Å². The number of hydrogen-bond acceptors (Lipinski definition) is 4. The number of amides is 1. The van der Waals surface area contributed by atoms with Gasteiger partial charge in [-0.05, 0) is 44.5 Å². The van der Waals surface area contributed by atoms with Crippen LogP contribution in [0.25, 0.3) is 0 Å². The van der Waals surface area contributed by atoms with Crippen molar-refractivity contribution in [3.63, 3.8) is 0 Å². The summed E-state index contributed by atoms with van der Waals surface area (Å²) >= 11 is 0. The molecule has 1 fully saturated rings. The van der Waals surface area contributed by atoms with Gasteiger partial charge in [-0.2, -0.15) is 0 Å². The summed E-state index contributed by atoms with van der Waals surface area (Å²) in [7, 11) is 0. The second-order valence-electron chi connectivity index (χ2n) is 6.57. The Morgan fingerprint density at radius 1 is 1.08 bits per heavy atom. The van der Waals surface area contributed by atoms with Crippen molar-refractivity contribution in [2.45, 2.75) is 51.9 Å². The first kappa shape index (κ1) is 22.6. The van der Waals surface area contributed by atoms with Crippen LogP contribution in [0.5, 0.6) is 5.75 Å². The molecule has 5 nitrogen and oxygen atoms in total. The average molecular weight is 385 g/mol. The van der Waals surface area contributed by atoms with E-state index in [2.05, 4.69) is 17.1 Å². The number of hydrogen-bond donors (Lipinski definition) is 1. The molecule has 1 saturated heterocycles. The molecule has 0 aliphatic carbocycles. The third-order valence-electron chi connectivity index (χ3n) is 4.47. The molecule has 0 saturated carbocycles. The number of ether oxygens (including phenoxy) is 2. The normalized spacial score (nSPS) is 13.9. The van der Waals surface area contributed by atoms with Crippen LogP contribution >= 0.6 is 12.4 Å². The van der Waals surface area contributed by atoms with Crippen LogP contribution in [0.2, 0.25) is 0 Å². The topological polar surface area (TPSA) is 50.8 Å². The molecule has 1 aromatic rings. The number of carbonyl (C=O) groups excluding carboxylic acids is 1. The minimum absolute atomic E-state index is 0. The average Bonchev–Trinajstić information content (AvgIpc) is 3.13. The second-order valence-corrected chi connectivity index (χ2v) is 6.57. The Balaban J connectivity index is 0.00000338. The van der Waals surface area contributed by atoms with Crippen molar-refractivity contribution in [3.05, 3.63) is 24.3 Å². The molecule has 148 valence electrons. The van der Waals surface area contributed by atoms with Gasteiger partial charge >= 0.3 is 6.09 Å². The van der Waals surface area contributed by atoms with Gasteiger partial charge in [0.05, 0.1) is 12.3 Å². The van der Waals surface area contributed by atoms with Crippen LogP contribution in [0.4, 0.5) is 10.5 Å². The van der Waals surface area contributed by atoms with Gasteiger partial charge in [-0.1, -0.05) is 44.7 Å². The maximum Gasteiger partial charge on any atom is 0.411 e. The predicted molar refractivity (Wildman–Crippen MR) is 109 cm³/mol. The lowest BCUT2D eigenvalue weighted by Gasteiger charge is -2.15. The Morgan fingerprint density at radius 2 is 1.81 bits per heavy atom. The summed E-state index contributed by atoms with van der Waals surface area (Å²) in [5, 5.41) is 2.79. The van der Waals surface area contributed by atoms with E-state index in [1.165, 1.54) is 38.5 Å². The molecule has 1 N–H and O–H groups in total. The second kappa shape index (κ2) is 13.7. The first-order chi connectivity index (χ1) is 12.3. The number of unbranched alkanes of at least 4 members (excludes halogenated alkanes) is 4. The zero-order chi connectivity index (χ0) is 17.7. The zero-order valence-electron chi connectivity index (χ0n) is 15.9. The standard InChI is InChI=1S/C20H32N2O3.ClH/c1-2-3-4-5-10-16-24-19-12-7-6-11-18(19)21-20(23)25-17-15-22-13-8-9-14-22;/h6-7,11-12H,2-5,8-10,13-17H2,1H3,(H,21,23);1H. The third kappa shape index (κ3) is 8.77. The number of nitrogens with zero attached hydrogens (tertiary/aromatic N) is 1. The van der Waals surface area contributed by atoms with Gasteiger partial charge in [0.2, 0.25) is 0 Å². The minimum Gasteiger partial charge on any atom is -0.491 e. The number of halogens is 1. The van der Waals surface area contributed by atoms with Crippen LogP contribution in [0.1, 0.15) is 51.9 Å². The highest BCUT2D eigenvalue weighted by Crippen LogP contribution is 2.24. The number of likely N-dealkylation sites (tertiary alicyclic amines) is 1. The lowest BCUT2D eigenvalue weighted by Crippen LogP contribution is -2.26. The van der Waals surface area contributed by atoms with Crippen molar-refractivity contribution in [3.8, 4) is 5.75 Å². The van der Waals surface area contributed by atoms with E-state index in [4.69, 9.17) is 9.47 Å². The molecule has 0 aromatic heterocycles. The largest absolute Gasteiger partial charge is 0.491 e. The number of nitrogens with one attached hydrogen (secondary N) is 1. The number of para-hydroxylation sites is 2. The van der Waals surface area contributed by atoms with Crippen molar-refractivity contribution >= 4 is 24.2 Å². The summed E-state index contributed by atoms with van der Waals surface area (Å²) in [4.78, 5) is 14.3. The molecule has 1 heterocycles. The summed E-state index contributed by atoms with van der Waals surface area (Å²) in [6, 6.07) is 7.52. The van der Waals surface area contributed by atoms with Gasteiger partial charge in [0.15, 0.2) is 0 Å². The van der Waals surface area contributed by atoms with Gasteiger partial charge in [0.1, 0.15) is 12.4 Å². The molecule has 2 rings (SSSR count). The molecule has 0 spiro atoms. The molecule has 1 aromatic carbocycles. The SMILES string of the molecule is CCCCCCCOc1ccccc1NC(=O)OCCN1CCCC1.Cl. The summed E-state index contributed by atoms with van der Waals surface area (Å²) < 4.78 is 11.1. The van der Waals surface area contributed by atoms with Gasteiger partial charge in [-0.15, -0.1) is 12.4 Å². The van der Waals surface area contributed by atoms with E-state index in [0.717, 1.165) is 26.1 Å². The molecule has 1 amide bonds. The lowest BCUT2D eigenvalue weighted by molar-refractivity contribution is 0.146. The Labute approximate surface area is 163 Å². The Bertz CT molecular complexity index is 508. The predicted octanol–water partition coefficient (Wildman–Crippen LogP) is 5.10. The van der Waals surface area contributed by atoms with Crippen LogP contribution in [-0.4, -0.2) is 43.8 Å². The van der Waals surface area contributed by atoms with Crippen LogP contribution < -0.4 is 10.1 Å². The number of anilines is 1. The van der Waals surface area contributed by atoms with Crippen molar-refractivity contribution in [1.29, 1.82) is 0 Å². The molecular formula is C20H33ClN2O3. The number of benzene rings is 1. The number of carbonyl (C=O) groups is 1. The molecule has 0 atom stereocenters. The Hall–Kier alpha value is -1.46. The lowest BCUT2D eigenvalue weighted by atomic mass is 10.2. The van der Waals surface area contributed by atoms with Gasteiger partial charge in [0, 0.05) is 6.54 Å². The van der Waals surface area contributed by atoms with E-state index in [0.29, 0.717) is 24.7 Å². The number of rotatable bonds is 11. The molecule has 0 radical (unpaired) electrons. The van der Waals surface area contributed by atoms with E-state index >= 15 is 0 Å². The maximum absolute atomic E-state index is 12.0. The Kier molecular flexibility index (Phi) is 11.9. The molecule has 0 unspecified atom stereocenters. The van der Waals surface area contributed by atoms with E-state index < -0.39 is 6.09 Å². The first-order valence-electron chi connectivity index (χ1n) is 9.67. The maximum atomic E-state index is 12.0. The van der Waals surface area contributed by atoms with Crippen molar-refractivity contribution < 1.29 is 14.3 Å². The van der Waals surface area contributed by atoms with Gasteiger partial charge in [-0.3, -0.25) is 10.2 Å². The molecule has 6 heteroatoms. The highest BCUT2D eigenvalue weighted by molar-refractivity contribution is 5.86. The molecule has 0 bridgehead atoms. The minimum atomic E-state index is -0.418. The fourth-order valence-corrected chi connectivity index (χ4v) is 3.00. The third-order valence-corrected chi connectivity index (χ3v) is 4.47. The summed E-state index contributed by atoms with van der Waals surface area (Å²) in [6.07, 6.45) is 8.07. The van der Waals surface area contributed by atoms with E-state index in [9.17, 15) is 4.79 Å². The molecule has 1 aliphatic heterocycles. The summed E-state index contributed by atoms with van der Waals surface area (Å²) in [6.45, 7) is 6.34. The van der Waals surface area contributed by atoms with Gasteiger partial charge < -0.3 is 9.47 Å². The zero-order valence-corrected chi connectivity index (χ0v) is 16.7. The smallest absolute Gasteiger partial charge is 0.411 e. The van der Waals surface area contributed by atoms with Crippen LogP contribution in [0.15, 0.2) is 24.3 Å². The first-order valence-corrected chi connectivity index (χ1v) is 9.67. The molecular weight excluding hydrogens is 352 g/mol. The monoisotopic (exact) mass is 384 g/mol. The Morgan fingerprint density at radius 3 is 2.58 bits per heavy atom. The van der Waals surface area contributed by atoms with E-state index in [-0.39, 0.29) is 12.4 Å². The van der Waals surface area contributed by atoms with Gasteiger partial charge in [-0.25, -0.2) is 4.79 Å². The fraction of sp³-hybridized carbons (Fsp3) is 0.650. The summed E-state index contributed by atoms with van der Waals surface area (Å²) in [5.74, 6) is 0.703. The van der Waals surface area contributed by atoms with Gasteiger partial charge in [0.25, 0.3) is 0 Å². The van der Waals surface area contributed by atoms with Crippen LogP contribution in [0.3, 0.4) is 0 Å². The van der Waals surface area contributed by atoms with E-state index in [1.54, 1.807) is 0 Å². The highest BCUT2D eigenvalue weighted by Gasteiger charge is 2.12. The van der Waals surface area contributed by atoms with E-state index in [1.807, 2.05) is 24.3 Å². The molecule has 1 aliphatic rings. The van der Waals surface area contributed by atoms with Crippen molar-refractivity contribution in [1.82, 2.24) is 4.90 Å². The summed E-state index contributed by atoms with van der Waals surface area (Å²) in [5.41, 5.74) is 0.669. The van der Waals surface area contributed by atoms with Crippen molar-refractivity contribution in [2.75, 3.05) is 38.2 Å². The fourth-order valence-electron chi connectivity index (χ4n) is 3.00. The quantitative estimate of drug-likeness (QED) is 0.539. The van der Waals surface area contributed by atoms with Crippen molar-refractivity contribution in [2.24, 2.45) is 0 Å². The molecule has 26 heavy (non-hydrogen) atoms. The highest BCUT2D eigenvalue weighted by atomic mass is 35.5.